The van der Waals surface area contributed by atoms with Crippen molar-refractivity contribution in [2.75, 3.05) is 13.2 Å². The Morgan fingerprint density at radius 3 is 2.61 bits per heavy atom. The van der Waals surface area contributed by atoms with Gasteiger partial charge in [0.1, 0.15) is 6.33 Å². The van der Waals surface area contributed by atoms with Crippen LogP contribution in [0, 0.1) is 6.92 Å². The number of ether oxygens (including phenoxy) is 1. The minimum absolute atomic E-state index is 0.552. The maximum Gasteiger partial charge on any atom is 0.490 e. The number of hydrogen-bond acceptors (Lipinski definition) is 5. The fraction of sp³-hybridized carbons (Fsp3) is 0.286. The number of hydrogen-bond donors (Lipinski definition) is 2. The largest absolute Gasteiger partial charge is 0.490 e. The van der Waals surface area contributed by atoms with Crippen molar-refractivity contribution in [1.29, 1.82) is 0 Å². The molecule has 0 bridgehead atoms. The molecule has 7 nitrogen and oxygen atoms in total. The normalized spacial score (nSPS) is 14.0. The zero-order chi connectivity index (χ0) is 22.6. The van der Waals surface area contributed by atoms with Crippen molar-refractivity contribution < 1.29 is 27.8 Å². The lowest BCUT2D eigenvalue weighted by molar-refractivity contribution is -0.192. The molecule has 1 aliphatic rings. The second-order valence-corrected chi connectivity index (χ2v) is 6.87. The van der Waals surface area contributed by atoms with Gasteiger partial charge in [-0.2, -0.15) is 18.3 Å². The van der Waals surface area contributed by atoms with Gasteiger partial charge in [0.15, 0.2) is 0 Å². The molecule has 0 unspecified atom stereocenters. The third-order valence-electron chi connectivity index (χ3n) is 4.82. The van der Waals surface area contributed by atoms with E-state index >= 15 is 0 Å². The van der Waals surface area contributed by atoms with Gasteiger partial charge in [0.05, 0.1) is 24.4 Å². The molecule has 31 heavy (non-hydrogen) atoms. The molecule has 0 radical (unpaired) electrons. The summed E-state index contributed by atoms with van der Waals surface area (Å²) in [6.45, 7) is 4.09. The molecule has 2 aromatic heterocycles. The Bertz CT molecular complexity index is 1120. The Balaban J connectivity index is 0.000000339. The van der Waals surface area contributed by atoms with Gasteiger partial charge in [-0.1, -0.05) is 18.2 Å². The molecule has 0 atom stereocenters. The summed E-state index contributed by atoms with van der Waals surface area (Å²) in [5, 5.41) is 11.5. The van der Waals surface area contributed by atoms with Gasteiger partial charge in [-0.25, -0.2) is 14.3 Å². The summed E-state index contributed by atoms with van der Waals surface area (Å²) in [5.74, 6) is -2.76. The zero-order valence-electron chi connectivity index (χ0n) is 16.7. The first-order valence-corrected chi connectivity index (χ1v) is 9.41. The van der Waals surface area contributed by atoms with Crippen LogP contribution in [0.15, 0.2) is 42.9 Å². The van der Waals surface area contributed by atoms with Crippen LogP contribution in [0.4, 0.5) is 13.2 Å². The van der Waals surface area contributed by atoms with E-state index in [4.69, 9.17) is 20.4 Å². The summed E-state index contributed by atoms with van der Waals surface area (Å²) in [4.78, 5) is 13.4. The Hall–Kier alpha value is -3.24. The van der Waals surface area contributed by atoms with E-state index in [0.717, 1.165) is 35.4 Å². The van der Waals surface area contributed by atoms with E-state index in [2.05, 4.69) is 53.5 Å². The highest BCUT2D eigenvalue weighted by Crippen LogP contribution is 2.29. The van der Waals surface area contributed by atoms with Crippen molar-refractivity contribution in [2.45, 2.75) is 26.1 Å². The van der Waals surface area contributed by atoms with Gasteiger partial charge in [0.25, 0.3) is 0 Å². The molecular formula is C21H21F3N4O3. The fourth-order valence-corrected chi connectivity index (χ4v) is 3.19. The SMILES string of the molecule is Cc1cc(-c2ncnn3cc(C4=CCOCC4)cc23)ccc1CN.O=C(O)C(F)(F)F. The number of aliphatic carboxylic acids is 1. The summed E-state index contributed by atoms with van der Waals surface area (Å²) in [6.07, 6.45) is 1.67. The maximum atomic E-state index is 10.6. The summed E-state index contributed by atoms with van der Waals surface area (Å²) in [7, 11) is 0. The van der Waals surface area contributed by atoms with E-state index in [-0.39, 0.29) is 0 Å². The molecule has 1 aliphatic heterocycles. The molecule has 10 heteroatoms. The summed E-state index contributed by atoms with van der Waals surface area (Å²) < 4.78 is 39.0. The number of carbonyl (C=O) groups is 1. The van der Waals surface area contributed by atoms with Crippen molar-refractivity contribution in [1.82, 2.24) is 14.6 Å². The van der Waals surface area contributed by atoms with Crippen molar-refractivity contribution >= 4 is 17.1 Å². The molecule has 0 spiro atoms. The van der Waals surface area contributed by atoms with Crippen LogP contribution in [-0.2, 0) is 16.1 Å². The molecule has 0 fully saturated rings. The van der Waals surface area contributed by atoms with E-state index < -0.39 is 12.1 Å². The maximum absolute atomic E-state index is 10.6. The van der Waals surface area contributed by atoms with Crippen molar-refractivity contribution in [3.05, 3.63) is 59.6 Å². The second-order valence-electron chi connectivity index (χ2n) is 6.87. The highest BCUT2D eigenvalue weighted by atomic mass is 19.4. The third kappa shape index (κ3) is 5.28. The number of nitrogens with zero attached hydrogens (tertiary/aromatic N) is 3. The van der Waals surface area contributed by atoms with Gasteiger partial charge in [-0.3, -0.25) is 0 Å². The van der Waals surface area contributed by atoms with E-state index in [1.807, 2.05) is 4.52 Å². The number of carboxylic acid groups (broad SMARTS) is 1. The lowest BCUT2D eigenvalue weighted by atomic mass is 10.0. The first-order valence-electron chi connectivity index (χ1n) is 9.41. The molecule has 1 aromatic carbocycles. The van der Waals surface area contributed by atoms with Gasteiger partial charge in [-0.05, 0) is 47.7 Å². The third-order valence-corrected chi connectivity index (χ3v) is 4.82. The molecule has 3 heterocycles. The molecule has 4 rings (SSSR count). The molecule has 164 valence electrons. The van der Waals surface area contributed by atoms with Crippen LogP contribution in [0.25, 0.3) is 22.3 Å². The van der Waals surface area contributed by atoms with Crippen LogP contribution >= 0.6 is 0 Å². The van der Waals surface area contributed by atoms with Crippen molar-refractivity contribution in [3.63, 3.8) is 0 Å². The standard InChI is InChI=1S/C19H20N4O.C2HF3O2/c1-13-8-15(2-3-16(13)10-20)19-18-9-17(11-23(18)22-12-21-19)14-4-6-24-7-5-14;3-2(4,5)1(6)7/h2-4,8-9,11-12H,5-7,10,20H2,1H3;(H,6,7). The molecule has 0 saturated heterocycles. The molecule has 3 N–H and O–H groups in total. The van der Waals surface area contributed by atoms with Gasteiger partial charge >= 0.3 is 12.1 Å². The first-order chi connectivity index (χ1) is 14.7. The average molecular weight is 434 g/mol. The van der Waals surface area contributed by atoms with E-state index in [1.54, 1.807) is 6.33 Å². The van der Waals surface area contributed by atoms with Crippen molar-refractivity contribution in [3.8, 4) is 11.3 Å². The summed E-state index contributed by atoms with van der Waals surface area (Å²) in [6, 6.07) is 8.47. The second kappa shape index (κ2) is 9.27. The lowest BCUT2D eigenvalue weighted by Crippen LogP contribution is -2.21. The molecule has 0 aliphatic carbocycles. The Morgan fingerprint density at radius 2 is 2.03 bits per heavy atom. The number of alkyl halides is 3. The number of halogens is 3. The lowest BCUT2D eigenvalue weighted by Gasteiger charge is -2.11. The smallest absolute Gasteiger partial charge is 0.475 e. The summed E-state index contributed by atoms with van der Waals surface area (Å²) >= 11 is 0. The number of fused-ring (bicyclic) bond motifs is 1. The number of aryl methyl sites for hydroxylation is 1. The fourth-order valence-electron chi connectivity index (χ4n) is 3.19. The van der Waals surface area contributed by atoms with E-state index in [1.165, 1.54) is 16.7 Å². The predicted octanol–water partition coefficient (Wildman–Crippen LogP) is 3.60. The molecule has 0 saturated carbocycles. The van der Waals surface area contributed by atoms with Crippen LogP contribution in [0.3, 0.4) is 0 Å². The Kier molecular flexibility index (Phi) is 6.71. The predicted molar refractivity (Wildman–Crippen MR) is 108 cm³/mol. The number of aromatic nitrogens is 3. The minimum Gasteiger partial charge on any atom is -0.475 e. The number of carboxylic acids is 1. The van der Waals surface area contributed by atoms with Crippen LogP contribution in [0.2, 0.25) is 0 Å². The number of benzene rings is 1. The van der Waals surface area contributed by atoms with Gasteiger partial charge in [0, 0.05) is 18.3 Å². The molecule has 3 aromatic rings. The minimum atomic E-state index is -5.08. The van der Waals surface area contributed by atoms with Gasteiger partial charge in [0.2, 0.25) is 0 Å². The van der Waals surface area contributed by atoms with E-state index in [9.17, 15) is 13.2 Å². The van der Waals surface area contributed by atoms with Crippen LogP contribution in [0.1, 0.15) is 23.1 Å². The van der Waals surface area contributed by atoms with Crippen LogP contribution < -0.4 is 5.73 Å². The number of rotatable bonds is 3. The zero-order valence-corrected chi connectivity index (χ0v) is 16.7. The molecule has 0 amide bonds. The molecular weight excluding hydrogens is 413 g/mol. The van der Waals surface area contributed by atoms with Crippen LogP contribution in [-0.4, -0.2) is 45.1 Å². The monoisotopic (exact) mass is 434 g/mol. The Labute approximate surface area is 176 Å². The van der Waals surface area contributed by atoms with Crippen LogP contribution in [0.5, 0.6) is 0 Å². The summed E-state index contributed by atoms with van der Waals surface area (Å²) in [5.41, 5.74) is 13.7. The highest BCUT2D eigenvalue weighted by Gasteiger charge is 2.38. The first kappa shape index (κ1) is 22.4. The number of nitrogens with two attached hydrogens (primary N) is 1. The quantitative estimate of drug-likeness (QED) is 0.653. The van der Waals surface area contributed by atoms with Gasteiger partial charge in [-0.15, -0.1) is 0 Å². The van der Waals surface area contributed by atoms with Gasteiger partial charge < -0.3 is 15.6 Å². The van der Waals surface area contributed by atoms with Crippen molar-refractivity contribution in [2.24, 2.45) is 5.73 Å². The topological polar surface area (TPSA) is 103 Å². The average Bonchev–Trinajstić information content (AvgIpc) is 3.18. The highest BCUT2D eigenvalue weighted by molar-refractivity contribution is 5.81. The van der Waals surface area contributed by atoms with E-state index in [0.29, 0.717) is 13.2 Å². The Morgan fingerprint density at radius 1 is 1.29 bits per heavy atom.